The molecule has 0 aliphatic rings. The van der Waals surface area contributed by atoms with Crippen molar-refractivity contribution >= 4 is 12.0 Å². The van der Waals surface area contributed by atoms with Crippen LogP contribution in [0.5, 0.6) is 11.5 Å². The Bertz CT molecular complexity index is 966. The largest absolute Gasteiger partial charge is 0.493 e. The average molecular weight is 379 g/mol. The van der Waals surface area contributed by atoms with Crippen LogP contribution in [0.1, 0.15) is 28.4 Å². The van der Waals surface area contributed by atoms with Crippen LogP contribution in [0.25, 0.3) is 11.9 Å². The number of pyridine rings is 1. The summed E-state index contributed by atoms with van der Waals surface area (Å²) in [4.78, 5) is 20.8. The topological polar surface area (TPSA) is 91.2 Å². The molecule has 0 saturated heterocycles. The van der Waals surface area contributed by atoms with Crippen LogP contribution < -0.4 is 14.8 Å². The number of rotatable bonds is 7. The highest BCUT2D eigenvalue weighted by Crippen LogP contribution is 2.33. The highest BCUT2D eigenvalue weighted by molar-refractivity contribution is 5.95. The molecule has 2 heterocycles. The Balaban J connectivity index is 1.73. The summed E-state index contributed by atoms with van der Waals surface area (Å²) in [6.07, 6.45) is 8.45. The third-order valence-corrected chi connectivity index (χ3v) is 4.03. The fourth-order valence-electron chi connectivity index (χ4n) is 2.70. The lowest BCUT2D eigenvalue weighted by Crippen LogP contribution is -2.23. The number of ether oxygens (including phenoxy) is 2. The van der Waals surface area contributed by atoms with Crippen LogP contribution in [-0.4, -0.2) is 39.9 Å². The fourth-order valence-corrected chi connectivity index (χ4v) is 2.70. The first-order valence-corrected chi connectivity index (χ1v) is 8.63. The Morgan fingerprint density at radius 2 is 2.11 bits per heavy atom. The van der Waals surface area contributed by atoms with Crippen LogP contribution in [0, 0.1) is 0 Å². The third kappa shape index (κ3) is 4.17. The van der Waals surface area contributed by atoms with E-state index in [1.54, 1.807) is 43.6 Å². The van der Waals surface area contributed by atoms with E-state index < -0.39 is 0 Å². The number of hydrogen-bond acceptors (Lipinski definition) is 6. The van der Waals surface area contributed by atoms with E-state index in [0.29, 0.717) is 29.4 Å². The molecule has 0 radical (unpaired) electrons. The molecule has 0 aliphatic heterocycles. The standard InChI is InChI=1S/C20H21N5O3/c1-4-5-15-8-16(9-17(27-2)19(15)28-3)20(26)23-11-14-6-7-18(22-10-14)25-13-21-12-24-25/h4-10,12-13H,11H2,1-3H3,(H,23,26)/b5-4-. The van der Waals surface area contributed by atoms with Crippen molar-refractivity contribution in [3.8, 4) is 17.3 Å². The van der Waals surface area contributed by atoms with Crippen LogP contribution in [-0.2, 0) is 6.54 Å². The maximum atomic E-state index is 12.6. The van der Waals surface area contributed by atoms with Crippen molar-refractivity contribution < 1.29 is 14.3 Å². The highest BCUT2D eigenvalue weighted by atomic mass is 16.5. The van der Waals surface area contributed by atoms with Gasteiger partial charge < -0.3 is 14.8 Å². The zero-order valence-electron chi connectivity index (χ0n) is 15.9. The minimum Gasteiger partial charge on any atom is -0.493 e. The molecule has 28 heavy (non-hydrogen) atoms. The van der Waals surface area contributed by atoms with Gasteiger partial charge in [0.25, 0.3) is 5.91 Å². The van der Waals surface area contributed by atoms with Gasteiger partial charge in [0.2, 0.25) is 0 Å². The summed E-state index contributed by atoms with van der Waals surface area (Å²) >= 11 is 0. The van der Waals surface area contributed by atoms with E-state index in [1.807, 2.05) is 31.2 Å². The Morgan fingerprint density at radius 1 is 1.25 bits per heavy atom. The maximum Gasteiger partial charge on any atom is 0.251 e. The van der Waals surface area contributed by atoms with Crippen molar-refractivity contribution in [1.82, 2.24) is 25.1 Å². The van der Waals surface area contributed by atoms with Crippen molar-refractivity contribution in [3.05, 3.63) is 65.9 Å². The molecule has 0 spiro atoms. The van der Waals surface area contributed by atoms with Crippen molar-refractivity contribution in [1.29, 1.82) is 0 Å². The number of carbonyl (C=O) groups is 1. The first kappa shape index (κ1) is 19.1. The Hall–Kier alpha value is -3.68. The SMILES string of the molecule is C/C=C\c1cc(C(=O)NCc2ccc(-n3cncn3)nc2)cc(OC)c1OC. The smallest absolute Gasteiger partial charge is 0.251 e. The lowest BCUT2D eigenvalue weighted by Gasteiger charge is -2.13. The number of methoxy groups -OCH3 is 2. The molecule has 3 rings (SSSR count). The minimum atomic E-state index is -0.216. The van der Waals surface area contributed by atoms with E-state index in [9.17, 15) is 4.79 Å². The zero-order chi connectivity index (χ0) is 19.9. The number of aromatic nitrogens is 4. The lowest BCUT2D eigenvalue weighted by molar-refractivity contribution is 0.0950. The number of carbonyl (C=O) groups excluding carboxylic acids is 1. The van der Waals surface area contributed by atoms with Crippen molar-refractivity contribution in [2.24, 2.45) is 0 Å². The summed E-state index contributed by atoms with van der Waals surface area (Å²) in [6, 6.07) is 7.12. The van der Waals surface area contributed by atoms with Gasteiger partial charge in [0.15, 0.2) is 17.3 Å². The number of nitrogens with one attached hydrogen (secondary N) is 1. The molecule has 144 valence electrons. The molecule has 0 bridgehead atoms. The van der Waals surface area contributed by atoms with E-state index >= 15 is 0 Å². The second kappa shape index (κ2) is 8.81. The molecule has 0 unspecified atom stereocenters. The normalized spacial score (nSPS) is 10.8. The van der Waals surface area contributed by atoms with Gasteiger partial charge in [0.05, 0.1) is 14.2 Å². The fraction of sp³-hybridized carbons (Fsp3) is 0.200. The van der Waals surface area contributed by atoms with E-state index in [1.165, 1.54) is 6.33 Å². The van der Waals surface area contributed by atoms with Crippen LogP contribution >= 0.6 is 0 Å². The first-order valence-electron chi connectivity index (χ1n) is 8.63. The Labute approximate surface area is 162 Å². The molecule has 8 heteroatoms. The van der Waals surface area contributed by atoms with Gasteiger partial charge in [-0.15, -0.1) is 0 Å². The molecule has 1 amide bonds. The number of allylic oxidation sites excluding steroid dienone is 1. The summed E-state index contributed by atoms with van der Waals surface area (Å²) < 4.78 is 12.3. The monoisotopic (exact) mass is 379 g/mol. The maximum absolute atomic E-state index is 12.6. The zero-order valence-corrected chi connectivity index (χ0v) is 15.9. The lowest BCUT2D eigenvalue weighted by atomic mass is 10.1. The summed E-state index contributed by atoms with van der Waals surface area (Å²) in [5.41, 5.74) is 2.12. The molecular formula is C20H21N5O3. The quantitative estimate of drug-likeness (QED) is 0.679. The second-order valence-electron chi connectivity index (χ2n) is 5.85. The number of hydrogen-bond donors (Lipinski definition) is 1. The molecule has 0 atom stereocenters. The highest BCUT2D eigenvalue weighted by Gasteiger charge is 2.15. The van der Waals surface area contributed by atoms with Gasteiger partial charge in [-0.1, -0.05) is 18.2 Å². The second-order valence-corrected chi connectivity index (χ2v) is 5.85. The molecule has 2 aromatic heterocycles. The van der Waals surface area contributed by atoms with Crippen LogP contribution in [0.2, 0.25) is 0 Å². The minimum absolute atomic E-state index is 0.216. The molecule has 0 saturated carbocycles. The van der Waals surface area contributed by atoms with Crippen molar-refractivity contribution in [3.63, 3.8) is 0 Å². The van der Waals surface area contributed by atoms with Crippen LogP contribution in [0.15, 0.2) is 49.2 Å². The van der Waals surface area contributed by atoms with Gasteiger partial charge in [-0.25, -0.2) is 14.6 Å². The average Bonchev–Trinajstić information content (AvgIpc) is 3.27. The van der Waals surface area contributed by atoms with E-state index in [-0.39, 0.29) is 5.91 Å². The predicted molar refractivity (Wildman–Crippen MR) is 105 cm³/mol. The van der Waals surface area contributed by atoms with E-state index in [4.69, 9.17) is 9.47 Å². The van der Waals surface area contributed by atoms with Gasteiger partial charge in [0.1, 0.15) is 12.7 Å². The van der Waals surface area contributed by atoms with E-state index in [2.05, 4.69) is 20.4 Å². The summed E-state index contributed by atoms with van der Waals surface area (Å²) in [7, 11) is 3.11. The summed E-state index contributed by atoms with van der Waals surface area (Å²) in [6.45, 7) is 2.24. The van der Waals surface area contributed by atoms with Crippen LogP contribution in [0.3, 0.4) is 0 Å². The predicted octanol–water partition coefficient (Wildman–Crippen LogP) is 2.64. The first-order chi connectivity index (χ1) is 13.7. The van der Waals surface area contributed by atoms with Gasteiger partial charge in [0, 0.05) is 23.9 Å². The molecular weight excluding hydrogens is 358 g/mol. The van der Waals surface area contributed by atoms with Crippen LogP contribution in [0.4, 0.5) is 0 Å². The molecule has 0 aliphatic carbocycles. The van der Waals surface area contributed by atoms with Crippen molar-refractivity contribution in [2.45, 2.75) is 13.5 Å². The molecule has 0 fully saturated rings. The Morgan fingerprint density at radius 3 is 2.71 bits per heavy atom. The summed E-state index contributed by atoms with van der Waals surface area (Å²) in [5, 5.41) is 6.92. The Kier molecular flexibility index (Phi) is 6.01. The third-order valence-electron chi connectivity index (χ3n) is 4.03. The molecule has 1 aromatic carbocycles. The van der Waals surface area contributed by atoms with Crippen molar-refractivity contribution in [2.75, 3.05) is 14.2 Å². The number of nitrogens with zero attached hydrogens (tertiary/aromatic N) is 4. The molecule has 8 nitrogen and oxygen atoms in total. The number of amides is 1. The molecule has 3 aromatic rings. The summed E-state index contributed by atoms with van der Waals surface area (Å²) in [5.74, 6) is 1.53. The van der Waals surface area contributed by atoms with Gasteiger partial charge in [-0.05, 0) is 30.7 Å². The van der Waals surface area contributed by atoms with Gasteiger partial charge in [-0.3, -0.25) is 4.79 Å². The van der Waals surface area contributed by atoms with Gasteiger partial charge in [-0.2, -0.15) is 5.10 Å². The number of benzene rings is 1. The van der Waals surface area contributed by atoms with Gasteiger partial charge >= 0.3 is 0 Å². The molecule has 1 N–H and O–H groups in total. The van der Waals surface area contributed by atoms with E-state index in [0.717, 1.165) is 11.1 Å².